The molecular formula is C12H23NO. The third kappa shape index (κ3) is 2.17. The summed E-state index contributed by atoms with van der Waals surface area (Å²) >= 11 is 0. The molecule has 1 heterocycles. The predicted molar refractivity (Wildman–Crippen MR) is 59.3 cm³/mol. The van der Waals surface area contributed by atoms with Gasteiger partial charge in [0.15, 0.2) is 5.78 Å². The topological polar surface area (TPSA) is 29.1 Å². The van der Waals surface area contributed by atoms with Gasteiger partial charge in [-0.2, -0.15) is 0 Å². The quantitative estimate of drug-likeness (QED) is 0.753. The maximum Gasteiger partial charge on any atom is 0.158 e. The molecule has 0 bridgehead atoms. The summed E-state index contributed by atoms with van der Waals surface area (Å²) in [5, 5.41) is 3.43. The first kappa shape index (κ1) is 11.7. The second-order valence-corrected chi connectivity index (χ2v) is 5.44. The van der Waals surface area contributed by atoms with Gasteiger partial charge in [0.25, 0.3) is 0 Å². The molecule has 1 rings (SSSR count). The SMILES string of the molecule is CCCC1(C(=O)C(C)(C)C)CCCN1. The Morgan fingerprint density at radius 3 is 2.43 bits per heavy atom. The van der Waals surface area contributed by atoms with E-state index in [1.165, 1.54) is 0 Å². The number of hydrogen-bond acceptors (Lipinski definition) is 2. The predicted octanol–water partition coefficient (Wildman–Crippen LogP) is 2.52. The van der Waals surface area contributed by atoms with E-state index in [1.54, 1.807) is 0 Å². The summed E-state index contributed by atoms with van der Waals surface area (Å²) in [4.78, 5) is 12.3. The highest BCUT2D eigenvalue weighted by atomic mass is 16.1. The van der Waals surface area contributed by atoms with Gasteiger partial charge >= 0.3 is 0 Å². The fourth-order valence-electron chi connectivity index (χ4n) is 2.47. The van der Waals surface area contributed by atoms with E-state index in [0.29, 0.717) is 5.78 Å². The largest absolute Gasteiger partial charge is 0.305 e. The second kappa shape index (κ2) is 4.01. The van der Waals surface area contributed by atoms with Crippen LogP contribution in [0.3, 0.4) is 0 Å². The first-order valence-electron chi connectivity index (χ1n) is 5.72. The Morgan fingerprint density at radius 1 is 1.43 bits per heavy atom. The van der Waals surface area contributed by atoms with Gasteiger partial charge in [-0.3, -0.25) is 4.79 Å². The Hall–Kier alpha value is -0.370. The van der Waals surface area contributed by atoms with Gasteiger partial charge in [0, 0.05) is 5.41 Å². The van der Waals surface area contributed by atoms with Crippen molar-refractivity contribution in [3.05, 3.63) is 0 Å². The van der Waals surface area contributed by atoms with Crippen LogP contribution in [0.1, 0.15) is 53.4 Å². The lowest BCUT2D eigenvalue weighted by Gasteiger charge is -2.34. The van der Waals surface area contributed by atoms with E-state index in [1.807, 2.05) is 20.8 Å². The van der Waals surface area contributed by atoms with E-state index in [2.05, 4.69) is 12.2 Å². The van der Waals surface area contributed by atoms with E-state index in [-0.39, 0.29) is 11.0 Å². The molecule has 1 atom stereocenters. The number of Topliss-reactive ketones (excluding diaryl/α,β-unsaturated/α-hetero) is 1. The number of ketones is 1. The van der Waals surface area contributed by atoms with Gasteiger partial charge in [-0.15, -0.1) is 0 Å². The molecule has 0 aromatic rings. The van der Waals surface area contributed by atoms with E-state index in [4.69, 9.17) is 0 Å². The van der Waals surface area contributed by atoms with Gasteiger partial charge in [0.1, 0.15) is 0 Å². The smallest absolute Gasteiger partial charge is 0.158 e. The molecule has 0 aromatic heterocycles. The summed E-state index contributed by atoms with van der Waals surface area (Å²) < 4.78 is 0. The number of rotatable bonds is 3. The fraction of sp³-hybridized carbons (Fsp3) is 0.917. The molecule has 1 aliphatic rings. The first-order valence-corrected chi connectivity index (χ1v) is 5.72. The third-order valence-electron chi connectivity index (χ3n) is 3.04. The van der Waals surface area contributed by atoms with Crippen molar-refractivity contribution < 1.29 is 4.79 Å². The Bertz CT molecular complexity index is 209. The highest BCUT2D eigenvalue weighted by molar-refractivity contribution is 5.93. The molecule has 2 heteroatoms. The Labute approximate surface area is 87.5 Å². The number of carbonyl (C=O) groups is 1. The van der Waals surface area contributed by atoms with Crippen LogP contribution in [0.15, 0.2) is 0 Å². The minimum Gasteiger partial charge on any atom is -0.305 e. The van der Waals surface area contributed by atoms with Gasteiger partial charge in [-0.05, 0) is 25.8 Å². The minimum absolute atomic E-state index is 0.201. The number of nitrogens with one attached hydrogen (secondary N) is 1. The highest BCUT2D eigenvalue weighted by Gasteiger charge is 2.44. The van der Waals surface area contributed by atoms with E-state index < -0.39 is 0 Å². The summed E-state index contributed by atoms with van der Waals surface area (Å²) in [5.74, 6) is 0.393. The Morgan fingerprint density at radius 2 is 2.07 bits per heavy atom. The van der Waals surface area contributed by atoms with Crippen molar-refractivity contribution in [1.29, 1.82) is 0 Å². The fourth-order valence-corrected chi connectivity index (χ4v) is 2.47. The van der Waals surface area contributed by atoms with E-state index >= 15 is 0 Å². The Balaban J connectivity index is 2.82. The zero-order chi connectivity index (χ0) is 10.8. The van der Waals surface area contributed by atoms with Gasteiger partial charge in [0.05, 0.1) is 5.54 Å². The third-order valence-corrected chi connectivity index (χ3v) is 3.04. The summed E-state index contributed by atoms with van der Waals surface area (Å²) in [6, 6.07) is 0. The highest BCUT2D eigenvalue weighted by Crippen LogP contribution is 2.33. The summed E-state index contributed by atoms with van der Waals surface area (Å²) in [7, 11) is 0. The van der Waals surface area contributed by atoms with Crippen LogP contribution in [0.4, 0.5) is 0 Å². The van der Waals surface area contributed by atoms with E-state index in [0.717, 1.165) is 32.2 Å². The molecule has 0 saturated carbocycles. The molecule has 82 valence electrons. The van der Waals surface area contributed by atoms with Crippen molar-refractivity contribution in [1.82, 2.24) is 5.32 Å². The second-order valence-electron chi connectivity index (χ2n) is 5.44. The van der Waals surface area contributed by atoms with Crippen LogP contribution >= 0.6 is 0 Å². The lowest BCUT2D eigenvalue weighted by Crippen LogP contribution is -2.52. The monoisotopic (exact) mass is 197 g/mol. The van der Waals surface area contributed by atoms with Crippen molar-refractivity contribution >= 4 is 5.78 Å². The molecule has 1 fully saturated rings. The van der Waals surface area contributed by atoms with Crippen LogP contribution < -0.4 is 5.32 Å². The van der Waals surface area contributed by atoms with Crippen LogP contribution in [0, 0.1) is 5.41 Å². The van der Waals surface area contributed by atoms with Crippen molar-refractivity contribution in [2.24, 2.45) is 5.41 Å². The standard InChI is InChI=1S/C12H23NO/c1-5-7-12(8-6-9-13-12)10(14)11(2,3)4/h13H,5-9H2,1-4H3. The lowest BCUT2D eigenvalue weighted by molar-refractivity contribution is -0.133. The average Bonchev–Trinajstić information content (AvgIpc) is 2.52. The molecule has 2 nitrogen and oxygen atoms in total. The number of hydrogen-bond donors (Lipinski definition) is 1. The average molecular weight is 197 g/mol. The molecule has 0 radical (unpaired) electrons. The van der Waals surface area contributed by atoms with Crippen molar-refractivity contribution in [2.45, 2.75) is 58.9 Å². The molecule has 0 spiro atoms. The summed E-state index contributed by atoms with van der Waals surface area (Å²) in [6.45, 7) is 9.21. The van der Waals surface area contributed by atoms with Crippen molar-refractivity contribution in [3.8, 4) is 0 Å². The first-order chi connectivity index (χ1) is 6.42. The molecule has 0 amide bonds. The van der Waals surface area contributed by atoms with Crippen molar-refractivity contribution in [2.75, 3.05) is 6.54 Å². The van der Waals surface area contributed by atoms with E-state index in [9.17, 15) is 4.79 Å². The molecule has 1 aliphatic heterocycles. The van der Waals surface area contributed by atoms with Crippen LogP contribution in [-0.2, 0) is 4.79 Å². The van der Waals surface area contributed by atoms with Gasteiger partial charge < -0.3 is 5.32 Å². The minimum atomic E-state index is -0.216. The lowest BCUT2D eigenvalue weighted by atomic mass is 9.75. The maximum atomic E-state index is 12.3. The number of carbonyl (C=O) groups excluding carboxylic acids is 1. The molecule has 1 saturated heterocycles. The summed E-state index contributed by atoms with van der Waals surface area (Å²) in [5.41, 5.74) is -0.417. The normalized spacial score (nSPS) is 28.0. The van der Waals surface area contributed by atoms with Crippen LogP contribution in [0.25, 0.3) is 0 Å². The van der Waals surface area contributed by atoms with Crippen molar-refractivity contribution in [3.63, 3.8) is 0 Å². The summed E-state index contributed by atoms with van der Waals surface area (Å²) in [6.07, 6.45) is 4.23. The Kier molecular flexibility index (Phi) is 3.36. The van der Waals surface area contributed by atoms with Gasteiger partial charge in [-0.25, -0.2) is 0 Å². The maximum absolute atomic E-state index is 12.3. The molecule has 0 aliphatic carbocycles. The zero-order valence-corrected chi connectivity index (χ0v) is 9.94. The molecule has 14 heavy (non-hydrogen) atoms. The molecule has 0 aromatic carbocycles. The molecular weight excluding hydrogens is 174 g/mol. The molecule has 1 unspecified atom stereocenters. The zero-order valence-electron chi connectivity index (χ0n) is 9.94. The van der Waals surface area contributed by atoms with Gasteiger partial charge in [-0.1, -0.05) is 34.1 Å². The van der Waals surface area contributed by atoms with Gasteiger partial charge in [0.2, 0.25) is 0 Å². The molecule has 1 N–H and O–H groups in total. The van der Waals surface area contributed by atoms with Crippen LogP contribution in [-0.4, -0.2) is 17.9 Å². The van der Waals surface area contributed by atoms with Crippen LogP contribution in [0.5, 0.6) is 0 Å². The van der Waals surface area contributed by atoms with Crippen LogP contribution in [0.2, 0.25) is 0 Å².